The van der Waals surface area contributed by atoms with Crippen LogP contribution in [0.25, 0.3) is 11.1 Å². The topological polar surface area (TPSA) is 58.6 Å². The SMILES string of the molecule is CCOC(=O)Nc1ccc2c(c1)[C@@H](O)c1ccccc1-2. The zero-order valence-corrected chi connectivity index (χ0v) is 11.1. The predicted molar refractivity (Wildman–Crippen MR) is 76.6 cm³/mol. The third-order valence-corrected chi connectivity index (χ3v) is 3.41. The number of aliphatic hydroxyl groups excluding tert-OH is 1. The summed E-state index contributed by atoms with van der Waals surface area (Å²) in [6, 6.07) is 13.3. The molecule has 4 heteroatoms. The van der Waals surface area contributed by atoms with Gasteiger partial charge in [0.25, 0.3) is 0 Å². The predicted octanol–water partition coefficient (Wildman–Crippen LogP) is 3.32. The van der Waals surface area contributed by atoms with Crippen LogP contribution in [-0.4, -0.2) is 17.8 Å². The van der Waals surface area contributed by atoms with Crippen LogP contribution in [0.1, 0.15) is 24.2 Å². The van der Waals surface area contributed by atoms with Crippen molar-refractivity contribution in [3.05, 3.63) is 53.6 Å². The number of aliphatic hydroxyl groups is 1. The van der Waals surface area contributed by atoms with Crippen molar-refractivity contribution in [2.45, 2.75) is 13.0 Å². The van der Waals surface area contributed by atoms with Gasteiger partial charge in [-0.15, -0.1) is 0 Å². The molecule has 2 aromatic rings. The molecule has 0 saturated heterocycles. The van der Waals surface area contributed by atoms with Crippen LogP contribution in [0, 0.1) is 0 Å². The Bertz CT molecular complexity index is 667. The Morgan fingerprint density at radius 1 is 1.20 bits per heavy atom. The first-order valence-electron chi connectivity index (χ1n) is 6.55. The van der Waals surface area contributed by atoms with Crippen LogP contribution in [-0.2, 0) is 4.74 Å². The molecule has 0 heterocycles. The summed E-state index contributed by atoms with van der Waals surface area (Å²) >= 11 is 0. The Labute approximate surface area is 117 Å². The summed E-state index contributed by atoms with van der Waals surface area (Å²) in [6.45, 7) is 2.08. The van der Waals surface area contributed by atoms with Crippen molar-refractivity contribution in [2.24, 2.45) is 0 Å². The molecule has 0 saturated carbocycles. The Morgan fingerprint density at radius 2 is 1.95 bits per heavy atom. The summed E-state index contributed by atoms with van der Waals surface area (Å²) in [5.74, 6) is 0. The minimum absolute atomic E-state index is 0.324. The van der Waals surface area contributed by atoms with E-state index in [2.05, 4.69) is 5.32 Å². The molecule has 0 aromatic heterocycles. The first-order valence-corrected chi connectivity index (χ1v) is 6.55. The maximum atomic E-state index is 11.4. The normalized spacial score (nSPS) is 15.4. The molecule has 1 aliphatic carbocycles. The number of ether oxygens (including phenoxy) is 1. The zero-order valence-electron chi connectivity index (χ0n) is 11.1. The zero-order chi connectivity index (χ0) is 14.1. The van der Waals surface area contributed by atoms with Crippen molar-refractivity contribution in [3.8, 4) is 11.1 Å². The molecule has 2 aromatic carbocycles. The van der Waals surface area contributed by atoms with Crippen LogP contribution in [0.2, 0.25) is 0 Å². The summed E-state index contributed by atoms with van der Waals surface area (Å²) < 4.78 is 4.84. The van der Waals surface area contributed by atoms with Gasteiger partial charge in [-0.2, -0.15) is 0 Å². The molecule has 2 N–H and O–H groups in total. The van der Waals surface area contributed by atoms with Crippen molar-refractivity contribution in [3.63, 3.8) is 0 Å². The van der Waals surface area contributed by atoms with Crippen LogP contribution in [0.4, 0.5) is 10.5 Å². The van der Waals surface area contributed by atoms with Gasteiger partial charge in [-0.25, -0.2) is 4.79 Å². The van der Waals surface area contributed by atoms with Crippen LogP contribution >= 0.6 is 0 Å². The van der Waals surface area contributed by atoms with E-state index in [0.29, 0.717) is 12.3 Å². The van der Waals surface area contributed by atoms with Gasteiger partial charge in [-0.1, -0.05) is 30.3 Å². The molecule has 0 spiro atoms. The van der Waals surface area contributed by atoms with Gasteiger partial charge < -0.3 is 9.84 Å². The maximum absolute atomic E-state index is 11.4. The average Bonchev–Trinajstić information content (AvgIpc) is 2.73. The summed E-state index contributed by atoms with van der Waals surface area (Å²) in [4.78, 5) is 11.4. The lowest BCUT2D eigenvalue weighted by Crippen LogP contribution is -2.13. The Hall–Kier alpha value is -2.33. The van der Waals surface area contributed by atoms with E-state index in [1.807, 2.05) is 36.4 Å². The molecule has 0 unspecified atom stereocenters. The molecule has 0 aliphatic heterocycles. The molecule has 1 atom stereocenters. The van der Waals surface area contributed by atoms with E-state index < -0.39 is 12.2 Å². The van der Waals surface area contributed by atoms with Gasteiger partial charge in [0.1, 0.15) is 6.10 Å². The van der Waals surface area contributed by atoms with Gasteiger partial charge in [-0.05, 0) is 41.3 Å². The van der Waals surface area contributed by atoms with E-state index in [1.165, 1.54) is 0 Å². The van der Waals surface area contributed by atoms with Gasteiger partial charge in [-0.3, -0.25) is 5.32 Å². The molecule has 0 fully saturated rings. The number of anilines is 1. The van der Waals surface area contributed by atoms with E-state index in [-0.39, 0.29) is 0 Å². The van der Waals surface area contributed by atoms with E-state index in [0.717, 1.165) is 22.3 Å². The number of hydrogen-bond donors (Lipinski definition) is 2. The molecule has 3 rings (SSSR count). The standard InChI is InChI=1S/C16H15NO3/c1-2-20-16(19)17-10-7-8-12-11-5-3-4-6-13(11)15(18)14(12)9-10/h3-9,15,18H,2H2,1H3,(H,17,19)/t15-/m0/s1. The molecule has 0 radical (unpaired) electrons. The number of fused-ring (bicyclic) bond motifs is 3. The molecule has 1 aliphatic rings. The van der Waals surface area contributed by atoms with E-state index in [1.54, 1.807) is 13.0 Å². The first kappa shape index (κ1) is 12.7. The molecule has 0 bridgehead atoms. The average molecular weight is 269 g/mol. The van der Waals surface area contributed by atoms with E-state index in [9.17, 15) is 9.90 Å². The van der Waals surface area contributed by atoms with Gasteiger partial charge >= 0.3 is 6.09 Å². The molecule has 1 amide bonds. The minimum atomic E-state index is -0.648. The molecule has 20 heavy (non-hydrogen) atoms. The molecular formula is C16H15NO3. The maximum Gasteiger partial charge on any atom is 0.411 e. The molecule has 102 valence electrons. The van der Waals surface area contributed by atoms with Gasteiger partial charge in [0, 0.05) is 5.69 Å². The highest BCUT2D eigenvalue weighted by molar-refractivity contribution is 5.87. The quantitative estimate of drug-likeness (QED) is 0.879. The summed E-state index contributed by atoms with van der Waals surface area (Å²) in [5, 5.41) is 13.0. The Balaban J connectivity index is 1.94. The highest BCUT2D eigenvalue weighted by Crippen LogP contribution is 2.44. The van der Waals surface area contributed by atoms with Gasteiger partial charge in [0.2, 0.25) is 0 Å². The number of nitrogens with one attached hydrogen (secondary N) is 1. The van der Waals surface area contributed by atoms with E-state index in [4.69, 9.17) is 4.74 Å². The minimum Gasteiger partial charge on any atom is -0.450 e. The van der Waals surface area contributed by atoms with Crippen molar-refractivity contribution < 1.29 is 14.6 Å². The second-order valence-corrected chi connectivity index (χ2v) is 4.64. The number of carbonyl (C=O) groups excluding carboxylic acids is 1. The Kier molecular flexibility index (Phi) is 3.16. The number of carbonyl (C=O) groups is 1. The van der Waals surface area contributed by atoms with Crippen molar-refractivity contribution in [1.29, 1.82) is 0 Å². The number of rotatable bonds is 2. The van der Waals surface area contributed by atoms with Crippen LogP contribution < -0.4 is 5.32 Å². The van der Waals surface area contributed by atoms with E-state index >= 15 is 0 Å². The summed E-state index contributed by atoms with van der Waals surface area (Å²) in [5.41, 5.74) is 4.37. The summed E-state index contributed by atoms with van der Waals surface area (Å²) in [7, 11) is 0. The smallest absolute Gasteiger partial charge is 0.411 e. The van der Waals surface area contributed by atoms with Crippen LogP contribution in [0.5, 0.6) is 0 Å². The molecular weight excluding hydrogens is 254 g/mol. The Morgan fingerprint density at radius 3 is 2.75 bits per heavy atom. The highest BCUT2D eigenvalue weighted by Gasteiger charge is 2.26. The number of hydrogen-bond acceptors (Lipinski definition) is 3. The van der Waals surface area contributed by atoms with Crippen LogP contribution in [0.3, 0.4) is 0 Å². The van der Waals surface area contributed by atoms with Crippen LogP contribution in [0.15, 0.2) is 42.5 Å². The third kappa shape index (κ3) is 2.04. The second-order valence-electron chi connectivity index (χ2n) is 4.64. The fourth-order valence-corrected chi connectivity index (χ4v) is 2.55. The fraction of sp³-hybridized carbons (Fsp3) is 0.188. The third-order valence-electron chi connectivity index (χ3n) is 3.41. The second kappa shape index (κ2) is 4.98. The monoisotopic (exact) mass is 269 g/mol. The lowest BCUT2D eigenvalue weighted by atomic mass is 10.1. The van der Waals surface area contributed by atoms with Gasteiger partial charge in [0.05, 0.1) is 6.61 Å². The number of benzene rings is 2. The lowest BCUT2D eigenvalue weighted by molar-refractivity contribution is 0.168. The number of amides is 1. The summed E-state index contributed by atoms with van der Waals surface area (Å²) in [6.07, 6.45) is -1.14. The lowest BCUT2D eigenvalue weighted by Gasteiger charge is -2.09. The van der Waals surface area contributed by atoms with Crippen molar-refractivity contribution in [2.75, 3.05) is 11.9 Å². The highest BCUT2D eigenvalue weighted by atomic mass is 16.5. The first-order chi connectivity index (χ1) is 9.70. The van der Waals surface area contributed by atoms with Crippen molar-refractivity contribution in [1.82, 2.24) is 0 Å². The van der Waals surface area contributed by atoms with Gasteiger partial charge in [0.15, 0.2) is 0 Å². The van der Waals surface area contributed by atoms with Crippen molar-refractivity contribution >= 4 is 11.8 Å². The molecule has 4 nitrogen and oxygen atoms in total. The fourth-order valence-electron chi connectivity index (χ4n) is 2.55. The largest absolute Gasteiger partial charge is 0.450 e.